The van der Waals surface area contributed by atoms with E-state index in [-0.39, 0.29) is 59.3 Å². The topological polar surface area (TPSA) is 173 Å². The van der Waals surface area contributed by atoms with Crippen molar-refractivity contribution < 1.29 is 43.0 Å². The largest absolute Gasteiger partial charge is 0.481 e. The van der Waals surface area contributed by atoms with Gasteiger partial charge in [0.15, 0.2) is 28.6 Å². The molecule has 40 heavy (non-hydrogen) atoms. The Labute approximate surface area is 230 Å². The van der Waals surface area contributed by atoms with Crippen molar-refractivity contribution in [1.82, 2.24) is 16.0 Å². The molecule has 0 saturated carbocycles. The molecule has 0 bridgehead atoms. The van der Waals surface area contributed by atoms with Gasteiger partial charge in [0.1, 0.15) is 5.78 Å². The fraction of sp³-hybridized carbons (Fsp3) is 0.393. The SMILES string of the molecule is CC(=O)CCNCCNC(=O)Oc1c2ccccc2c(OC(=O)NCCCCCC(=O)O)c2oc(C(C)=O)cc12. The maximum Gasteiger partial charge on any atom is 0.412 e. The molecule has 0 unspecified atom stereocenters. The number of nitrogens with one attached hydrogen (secondary N) is 3. The van der Waals surface area contributed by atoms with Crippen molar-refractivity contribution in [3.63, 3.8) is 0 Å². The Morgan fingerprint density at radius 3 is 2.08 bits per heavy atom. The summed E-state index contributed by atoms with van der Waals surface area (Å²) in [5, 5.41) is 18.2. The summed E-state index contributed by atoms with van der Waals surface area (Å²) < 4.78 is 17.0. The van der Waals surface area contributed by atoms with Crippen molar-refractivity contribution in [2.45, 2.75) is 46.0 Å². The molecular formula is C28H33N3O9. The Hall–Kier alpha value is -4.45. The minimum absolute atomic E-state index is 0.00563. The van der Waals surface area contributed by atoms with E-state index in [1.54, 1.807) is 24.3 Å². The number of aliphatic carboxylic acids is 1. The number of ether oxygens (including phenoxy) is 2. The summed E-state index contributed by atoms with van der Waals surface area (Å²) in [6.07, 6.45) is 0.671. The van der Waals surface area contributed by atoms with Crippen LogP contribution in [0.2, 0.25) is 0 Å². The van der Waals surface area contributed by atoms with E-state index in [1.165, 1.54) is 19.9 Å². The number of rotatable bonds is 15. The van der Waals surface area contributed by atoms with Gasteiger partial charge in [-0.25, -0.2) is 9.59 Å². The molecule has 12 heteroatoms. The summed E-state index contributed by atoms with van der Waals surface area (Å²) >= 11 is 0. The highest BCUT2D eigenvalue weighted by molar-refractivity contribution is 6.12. The van der Waals surface area contributed by atoms with Gasteiger partial charge >= 0.3 is 18.2 Å². The second-order valence-corrected chi connectivity index (χ2v) is 9.15. The average Bonchev–Trinajstić information content (AvgIpc) is 3.35. The van der Waals surface area contributed by atoms with Gasteiger partial charge in [-0.3, -0.25) is 14.4 Å². The Kier molecular flexibility index (Phi) is 11.0. The fourth-order valence-corrected chi connectivity index (χ4v) is 3.93. The number of benzene rings is 2. The van der Waals surface area contributed by atoms with Crippen LogP contribution in [-0.4, -0.2) is 61.0 Å². The minimum atomic E-state index is -0.866. The van der Waals surface area contributed by atoms with Crippen LogP contribution in [0.1, 0.15) is 56.5 Å². The summed E-state index contributed by atoms with van der Waals surface area (Å²) in [4.78, 5) is 59.0. The molecule has 2 amide bonds. The molecular weight excluding hydrogens is 522 g/mol. The maximum absolute atomic E-state index is 12.6. The lowest BCUT2D eigenvalue weighted by Gasteiger charge is -2.14. The lowest BCUT2D eigenvalue weighted by atomic mass is 10.1. The number of carboxylic acid groups (broad SMARTS) is 1. The fourth-order valence-electron chi connectivity index (χ4n) is 3.93. The molecule has 0 spiro atoms. The van der Waals surface area contributed by atoms with Gasteiger partial charge in [-0.15, -0.1) is 0 Å². The van der Waals surface area contributed by atoms with Crippen molar-refractivity contribution in [3.8, 4) is 11.5 Å². The Morgan fingerprint density at radius 1 is 0.775 bits per heavy atom. The van der Waals surface area contributed by atoms with E-state index < -0.39 is 18.2 Å². The third-order valence-electron chi connectivity index (χ3n) is 5.90. The highest BCUT2D eigenvalue weighted by atomic mass is 16.6. The molecule has 1 heterocycles. The number of hydrogen-bond donors (Lipinski definition) is 4. The zero-order chi connectivity index (χ0) is 29.1. The number of carbonyl (C=O) groups is 5. The van der Waals surface area contributed by atoms with Gasteiger partial charge in [0.2, 0.25) is 0 Å². The van der Waals surface area contributed by atoms with E-state index in [9.17, 15) is 24.0 Å². The van der Waals surface area contributed by atoms with Crippen LogP contribution in [0, 0.1) is 0 Å². The van der Waals surface area contributed by atoms with Crippen LogP contribution in [-0.2, 0) is 9.59 Å². The number of furan rings is 1. The van der Waals surface area contributed by atoms with Gasteiger partial charge in [0, 0.05) is 56.7 Å². The van der Waals surface area contributed by atoms with Crippen molar-refractivity contribution in [3.05, 3.63) is 36.1 Å². The van der Waals surface area contributed by atoms with E-state index in [1.807, 2.05) is 0 Å². The molecule has 3 aromatic rings. The molecule has 0 atom stereocenters. The number of hydrogen-bond acceptors (Lipinski definition) is 9. The van der Waals surface area contributed by atoms with E-state index in [0.29, 0.717) is 49.5 Å². The predicted octanol–water partition coefficient (Wildman–Crippen LogP) is 4.18. The van der Waals surface area contributed by atoms with Crippen LogP contribution in [0.15, 0.2) is 34.7 Å². The lowest BCUT2D eigenvalue weighted by Crippen LogP contribution is -2.34. The number of fused-ring (bicyclic) bond motifs is 2. The third-order valence-corrected chi connectivity index (χ3v) is 5.90. The molecule has 0 saturated heterocycles. The van der Waals surface area contributed by atoms with Gasteiger partial charge < -0.3 is 34.9 Å². The van der Waals surface area contributed by atoms with Crippen molar-refractivity contribution >= 4 is 51.5 Å². The summed E-state index contributed by atoms with van der Waals surface area (Å²) in [7, 11) is 0. The van der Waals surface area contributed by atoms with Gasteiger partial charge in [0.25, 0.3) is 0 Å². The predicted molar refractivity (Wildman–Crippen MR) is 146 cm³/mol. The standard InChI is InChI=1S/C28H33N3O9/c1-17(32)11-13-29-14-15-31-28(37)39-24-19-8-5-6-9-20(19)25(26-21(24)16-22(38-26)18(2)33)40-27(36)30-12-7-3-4-10-23(34)35/h5-6,8-9,16,29H,3-4,7,10-15H2,1-2H3,(H,30,36)(H,31,37)(H,34,35). The molecule has 2 aromatic carbocycles. The monoisotopic (exact) mass is 555 g/mol. The molecule has 0 radical (unpaired) electrons. The number of Topliss-reactive ketones (excluding diaryl/α,β-unsaturated/α-hetero) is 2. The number of carbonyl (C=O) groups excluding carboxylic acids is 4. The normalized spacial score (nSPS) is 10.8. The Morgan fingerprint density at radius 2 is 1.43 bits per heavy atom. The van der Waals surface area contributed by atoms with E-state index in [0.717, 1.165) is 0 Å². The van der Waals surface area contributed by atoms with E-state index in [4.69, 9.17) is 19.0 Å². The Balaban J connectivity index is 1.79. The van der Waals surface area contributed by atoms with Crippen molar-refractivity contribution in [2.24, 2.45) is 0 Å². The van der Waals surface area contributed by atoms with Crippen molar-refractivity contribution in [1.29, 1.82) is 0 Å². The molecule has 4 N–H and O–H groups in total. The van der Waals surface area contributed by atoms with Gasteiger partial charge in [-0.05, 0) is 25.8 Å². The van der Waals surface area contributed by atoms with Crippen LogP contribution in [0.3, 0.4) is 0 Å². The first kappa shape index (κ1) is 30.1. The first-order valence-corrected chi connectivity index (χ1v) is 13.0. The number of carboxylic acids is 1. The highest BCUT2D eigenvalue weighted by Gasteiger charge is 2.24. The molecule has 12 nitrogen and oxygen atoms in total. The number of amides is 2. The third kappa shape index (κ3) is 8.53. The van der Waals surface area contributed by atoms with E-state index in [2.05, 4.69) is 16.0 Å². The van der Waals surface area contributed by atoms with Crippen LogP contribution >= 0.6 is 0 Å². The molecule has 0 aliphatic carbocycles. The van der Waals surface area contributed by atoms with Crippen LogP contribution in [0.4, 0.5) is 9.59 Å². The van der Waals surface area contributed by atoms with Crippen LogP contribution < -0.4 is 25.4 Å². The zero-order valence-corrected chi connectivity index (χ0v) is 22.5. The second kappa shape index (κ2) is 14.6. The van der Waals surface area contributed by atoms with Gasteiger partial charge in [0.05, 0.1) is 5.39 Å². The lowest BCUT2D eigenvalue weighted by molar-refractivity contribution is -0.137. The van der Waals surface area contributed by atoms with Crippen LogP contribution in [0.25, 0.3) is 21.7 Å². The molecule has 0 aliphatic heterocycles. The molecule has 214 valence electrons. The maximum atomic E-state index is 12.6. The minimum Gasteiger partial charge on any atom is -0.481 e. The van der Waals surface area contributed by atoms with Gasteiger partial charge in [-0.2, -0.15) is 0 Å². The first-order chi connectivity index (χ1) is 19.2. The van der Waals surface area contributed by atoms with E-state index >= 15 is 0 Å². The molecule has 1 aromatic heterocycles. The molecule has 3 rings (SSSR count). The number of ketones is 2. The molecule has 0 aliphatic rings. The smallest absolute Gasteiger partial charge is 0.412 e. The zero-order valence-electron chi connectivity index (χ0n) is 22.5. The van der Waals surface area contributed by atoms with Gasteiger partial charge in [-0.1, -0.05) is 30.7 Å². The summed E-state index contributed by atoms with van der Waals surface area (Å²) in [6.45, 7) is 4.29. The quantitative estimate of drug-likeness (QED) is 0.157. The summed E-state index contributed by atoms with van der Waals surface area (Å²) in [5.74, 6) is -0.981. The van der Waals surface area contributed by atoms with Crippen molar-refractivity contribution in [2.75, 3.05) is 26.2 Å². The first-order valence-electron chi connectivity index (χ1n) is 13.0. The summed E-state index contributed by atoms with van der Waals surface area (Å²) in [5.41, 5.74) is 0.0641. The molecule has 0 fully saturated rings. The summed E-state index contributed by atoms with van der Waals surface area (Å²) in [6, 6.07) is 8.23. The highest BCUT2D eigenvalue weighted by Crippen LogP contribution is 2.44. The number of unbranched alkanes of at least 4 members (excludes halogenated alkanes) is 2. The Bertz CT molecular complexity index is 1300. The average molecular weight is 556 g/mol. The van der Waals surface area contributed by atoms with Crippen LogP contribution in [0.5, 0.6) is 11.5 Å². The second-order valence-electron chi connectivity index (χ2n) is 9.15.